The molecule has 1 aromatic heterocycles. The maximum Gasteiger partial charge on any atom is 0.242 e. The molecule has 1 amide bonds. The molecule has 1 N–H and O–H groups in total. The lowest BCUT2D eigenvalue weighted by Crippen LogP contribution is -2.27. The number of hydrogen-bond donors (Lipinski definition) is 1. The second kappa shape index (κ2) is 5.75. The number of aromatic nitrogens is 3. The number of hydrogen-bond acceptors (Lipinski definition) is 3. The van der Waals surface area contributed by atoms with Crippen molar-refractivity contribution >= 4 is 16.9 Å². The van der Waals surface area contributed by atoms with Crippen LogP contribution in [0.15, 0.2) is 48.5 Å². The highest BCUT2D eigenvalue weighted by Crippen LogP contribution is 2.09. The van der Waals surface area contributed by atoms with E-state index in [0.717, 1.165) is 16.6 Å². The van der Waals surface area contributed by atoms with Crippen molar-refractivity contribution in [1.82, 2.24) is 20.3 Å². The average molecular weight is 280 g/mol. The van der Waals surface area contributed by atoms with E-state index in [0.29, 0.717) is 6.54 Å². The van der Waals surface area contributed by atoms with Gasteiger partial charge in [0, 0.05) is 6.54 Å². The Labute approximate surface area is 122 Å². The summed E-state index contributed by atoms with van der Waals surface area (Å²) < 4.78 is 1.61. The molecule has 0 saturated heterocycles. The molecular formula is C16H16N4O. The summed E-state index contributed by atoms with van der Waals surface area (Å²) in [5.41, 5.74) is 3.93. The van der Waals surface area contributed by atoms with Crippen LogP contribution in [0.25, 0.3) is 11.0 Å². The zero-order chi connectivity index (χ0) is 14.7. The van der Waals surface area contributed by atoms with Gasteiger partial charge in [0.05, 0.1) is 5.52 Å². The predicted molar refractivity (Wildman–Crippen MR) is 80.6 cm³/mol. The predicted octanol–water partition coefficient (Wildman–Crippen LogP) is 2.06. The Morgan fingerprint density at radius 2 is 2.05 bits per heavy atom. The van der Waals surface area contributed by atoms with Crippen LogP contribution >= 0.6 is 0 Å². The molecule has 1 heterocycles. The van der Waals surface area contributed by atoms with Crippen LogP contribution in [-0.4, -0.2) is 20.9 Å². The fourth-order valence-corrected chi connectivity index (χ4v) is 2.25. The lowest BCUT2D eigenvalue weighted by atomic mass is 10.1. The summed E-state index contributed by atoms with van der Waals surface area (Å²) in [4.78, 5) is 12.0. The summed E-state index contributed by atoms with van der Waals surface area (Å²) in [6.45, 7) is 2.73. The first kappa shape index (κ1) is 13.3. The van der Waals surface area contributed by atoms with Crippen molar-refractivity contribution in [3.05, 3.63) is 59.7 Å². The van der Waals surface area contributed by atoms with Gasteiger partial charge in [0.15, 0.2) is 0 Å². The number of rotatable bonds is 4. The van der Waals surface area contributed by atoms with E-state index in [1.54, 1.807) is 4.68 Å². The molecule has 0 spiro atoms. The molecule has 106 valence electrons. The standard InChI is InChI=1S/C16H16N4O/c1-12-5-4-6-13(9-12)10-17-16(21)11-20-15-8-3-2-7-14(15)18-19-20/h2-9H,10-11H2,1H3,(H,17,21). The smallest absolute Gasteiger partial charge is 0.242 e. The fourth-order valence-electron chi connectivity index (χ4n) is 2.25. The molecule has 21 heavy (non-hydrogen) atoms. The molecule has 0 aliphatic heterocycles. The molecule has 3 aromatic rings. The maximum absolute atomic E-state index is 12.0. The molecular weight excluding hydrogens is 264 g/mol. The molecule has 3 rings (SSSR count). The Morgan fingerprint density at radius 1 is 1.19 bits per heavy atom. The summed E-state index contributed by atoms with van der Waals surface area (Å²) in [5, 5.41) is 10.9. The lowest BCUT2D eigenvalue weighted by molar-refractivity contribution is -0.121. The molecule has 0 unspecified atom stereocenters. The van der Waals surface area contributed by atoms with Crippen LogP contribution in [0.1, 0.15) is 11.1 Å². The number of carbonyl (C=O) groups is 1. The third-order valence-corrected chi connectivity index (χ3v) is 3.29. The van der Waals surface area contributed by atoms with E-state index in [1.165, 1.54) is 5.56 Å². The van der Waals surface area contributed by atoms with Crippen LogP contribution in [0.3, 0.4) is 0 Å². The summed E-state index contributed by atoms with van der Waals surface area (Å²) in [5.74, 6) is -0.0767. The first-order valence-electron chi connectivity index (χ1n) is 6.83. The van der Waals surface area contributed by atoms with Crippen LogP contribution < -0.4 is 5.32 Å². The quantitative estimate of drug-likeness (QED) is 0.795. The summed E-state index contributed by atoms with van der Waals surface area (Å²) >= 11 is 0. The Kier molecular flexibility index (Phi) is 3.64. The molecule has 5 nitrogen and oxygen atoms in total. The number of amides is 1. The molecule has 0 fully saturated rings. The Morgan fingerprint density at radius 3 is 2.90 bits per heavy atom. The molecule has 0 radical (unpaired) electrons. The molecule has 0 aliphatic carbocycles. The molecule has 0 saturated carbocycles. The van der Waals surface area contributed by atoms with Gasteiger partial charge in [-0.15, -0.1) is 5.10 Å². The SMILES string of the molecule is Cc1cccc(CNC(=O)Cn2nnc3ccccc32)c1. The van der Waals surface area contributed by atoms with E-state index in [9.17, 15) is 4.79 Å². The Balaban J connectivity index is 1.64. The van der Waals surface area contributed by atoms with Crippen LogP contribution in [-0.2, 0) is 17.9 Å². The van der Waals surface area contributed by atoms with Gasteiger partial charge in [-0.05, 0) is 24.6 Å². The summed E-state index contributed by atoms with van der Waals surface area (Å²) in [7, 11) is 0. The van der Waals surface area contributed by atoms with Crippen molar-refractivity contribution in [1.29, 1.82) is 0 Å². The third kappa shape index (κ3) is 3.08. The van der Waals surface area contributed by atoms with E-state index >= 15 is 0 Å². The first-order chi connectivity index (χ1) is 10.2. The number of nitrogens with zero attached hydrogens (tertiary/aromatic N) is 3. The first-order valence-corrected chi connectivity index (χ1v) is 6.83. The zero-order valence-corrected chi connectivity index (χ0v) is 11.8. The summed E-state index contributed by atoms with van der Waals surface area (Å²) in [6, 6.07) is 15.7. The van der Waals surface area contributed by atoms with Crippen molar-refractivity contribution in [2.45, 2.75) is 20.0 Å². The minimum atomic E-state index is -0.0767. The van der Waals surface area contributed by atoms with Gasteiger partial charge in [-0.1, -0.05) is 47.2 Å². The fraction of sp³-hybridized carbons (Fsp3) is 0.188. The van der Waals surface area contributed by atoms with Crippen LogP contribution in [0.5, 0.6) is 0 Å². The maximum atomic E-state index is 12.0. The monoisotopic (exact) mass is 280 g/mol. The van der Waals surface area contributed by atoms with Crippen molar-refractivity contribution in [2.75, 3.05) is 0 Å². The van der Waals surface area contributed by atoms with E-state index < -0.39 is 0 Å². The molecule has 0 bridgehead atoms. The normalized spacial score (nSPS) is 10.7. The van der Waals surface area contributed by atoms with Gasteiger partial charge < -0.3 is 5.32 Å². The van der Waals surface area contributed by atoms with E-state index in [-0.39, 0.29) is 12.5 Å². The van der Waals surface area contributed by atoms with E-state index in [2.05, 4.69) is 21.7 Å². The molecule has 0 atom stereocenters. The molecule has 5 heteroatoms. The van der Waals surface area contributed by atoms with Crippen molar-refractivity contribution in [3.63, 3.8) is 0 Å². The zero-order valence-electron chi connectivity index (χ0n) is 11.8. The lowest BCUT2D eigenvalue weighted by Gasteiger charge is -2.06. The highest BCUT2D eigenvalue weighted by Gasteiger charge is 2.08. The van der Waals surface area contributed by atoms with Gasteiger partial charge in [-0.2, -0.15) is 0 Å². The van der Waals surface area contributed by atoms with Crippen molar-refractivity contribution in [3.8, 4) is 0 Å². The third-order valence-electron chi connectivity index (χ3n) is 3.29. The number of nitrogens with one attached hydrogen (secondary N) is 1. The van der Waals surface area contributed by atoms with E-state index in [4.69, 9.17) is 0 Å². The van der Waals surface area contributed by atoms with Crippen LogP contribution in [0, 0.1) is 6.92 Å². The topological polar surface area (TPSA) is 59.8 Å². The second-order valence-corrected chi connectivity index (χ2v) is 5.00. The number of fused-ring (bicyclic) bond motifs is 1. The highest BCUT2D eigenvalue weighted by atomic mass is 16.2. The van der Waals surface area contributed by atoms with Gasteiger partial charge in [-0.3, -0.25) is 4.79 Å². The largest absolute Gasteiger partial charge is 0.350 e. The van der Waals surface area contributed by atoms with E-state index in [1.807, 2.05) is 49.4 Å². The van der Waals surface area contributed by atoms with Gasteiger partial charge in [0.1, 0.15) is 12.1 Å². The minimum Gasteiger partial charge on any atom is -0.350 e. The number of para-hydroxylation sites is 1. The van der Waals surface area contributed by atoms with Crippen LogP contribution in [0.2, 0.25) is 0 Å². The Bertz CT molecular complexity index is 779. The minimum absolute atomic E-state index is 0.0767. The van der Waals surface area contributed by atoms with Crippen molar-refractivity contribution in [2.24, 2.45) is 0 Å². The summed E-state index contributed by atoms with van der Waals surface area (Å²) in [6.07, 6.45) is 0. The number of aryl methyl sites for hydroxylation is 1. The van der Waals surface area contributed by atoms with Gasteiger partial charge in [0.2, 0.25) is 5.91 Å². The Hall–Kier alpha value is -2.69. The van der Waals surface area contributed by atoms with Gasteiger partial charge in [-0.25, -0.2) is 4.68 Å². The number of carbonyl (C=O) groups excluding carboxylic acids is 1. The van der Waals surface area contributed by atoms with Crippen molar-refractivity contribution < 1.29 is 4.79 Å². The van der Waals surface area contributed by atoms with Crippen LogP contribution in [0.4, 0.5) is 0 Å². The molecule has 0 aliphatic rings. The average Bonchev–Trinajstić information content (AvgIpc) is 2.89. The van der Waals surface area contributed by atoms with Gasteiger partial charge in [0.25, 0.3) is 0 Å². The second-order valence-electron chi connectivity index (χ2n) is 5.00. The van der Waals surface area contributed by atoms with Gasteiger partial charge >= 0.3 is 0 Å². The highest BCUT2D eigenvalue weighted by molar-refractivity contribution is 5.79. The molecule has 2 aromatic carbocycles. The number of benzene rings is 2.